The smallest absolute Gasteiger partial charge is 0.414 e. The molecule has 0 bridgehead atoms. The standard InChI is InChI=1S/C14H19N5O4/c1-14(2,3)23-13(21)18-12-16-10(9(8-15)11(20)17-12)19-4-6-22-7-5-19/h4-7H2,1-3H3,(H2,16,17,18,20,21). The second-order valence-corrected chi connectivity index (χ2v) is 5.95. The number of aromatic amines is 1. The number of H-pyrrole nitrogens is 1. The average molecular weight is 321 g/mol. The number of nitriles is 1. The summed E-state index contributed by atoms with van der Waals surface area (Å²) in [6.07, 6.45) is -0.738. The summed E-state index contributed by atoms with van der Waals surface area (Å²) < 4.78 is 10.4. The fraction of sp³-hybridized carbons (Fsp3) is 0.571. The topological polar surface area (TPSA) is 120 Å². The highest BCUT2D eigenvalue weighted by molar-refractivity contribution is 5.82. The van der Waals surface area contributed by atoms with E-state index in [0.717, 1.165) is 0 Å². The van der Waals surface area contributed by atoms with Gasteiger partial charge in [-0.05, 0) is 20.8 Å². The van der Waals surface area contributed by atoms with E-state index in [-0.39, 0.29) is 17.3 Å². The van der Waals surface area contributed by atoms with Crippen molar-refractivity contribution in [2.24, 2.45) is 0 Å². The molecule has 2 heterocycles. The number of anilines is 2. The lowest BCUT2D eigenvalue weighted by molar-refractivity contribution is 0.0634. The zero-order valence-corrected chi connectivity index (χ0v) is 13.3. The van der Waals surface area contributed by atoms with Gasteiger partial charge in [-0.25, -0.2) is 4.79 Å². The molecule has 1 aromatic heterocycles. The Kier molecular flexibility index (Phi) is 4.86. The van der Waals surface area contributed by atoms with Gasteiger partial charge in [-0.3, -0.25) is 15.1 Å². The molecule has 23 heavy (non-hydrogen) atoms. The summed E-state index contributed by atoms with van der Waals surface area (Å²) in [6, 6.07) is 1.85. The maximum atomic E-state index is 12.0. The van der Waals surface area contributed by atoms with Gasteiger partial charge in [-0.2, -0.15) is 10.2 Å². The molecule has 1 aliphatic rings. The molecular formula is C14H19N5O4. The number of carbonyl (C=O) groups is 1. The second-order valence-electron chi connectivity index (χ2n) is 5.95. The summed E-state index contributed by atoms with van der Waals surface area (Å²) in [5.41, 5.74) is -1.39. The summed E-state index contributed by atoms with van der Waals surface area (Å²) in [4.78, 5) is 32.1. The molecule has 124 valence electrons. The molecule has 0 saturated carbocycles. The van der Waals surface area contributed by atoms with Crippen molar-refractivity contribution in [3.63, 3.8) is 0 Å². The van der Waals surface area contributed by atoms with Crippen LogP contribution in [0.1, 0.15) is 26.3 Å². The molecule has 1 fully saturated rings. The van der Waals surface area contributed by atoms with Gasteiger partial charge in [0.1, 0.15) is 11.7 Å². The van der Waals surface area contributed by atoms with Gasteiger partial charge in [0, 0.05) is 13.1 Å². The largest absolute Gasteiger partial charge is 0.444 e. The number of carbonyl (C=O) groups excluding carboxylic acids is 1. The Morgan fingerprint density at radius 1 is 1.43 bits per heavy atom. The maximum Gasteiger partial charge on any atom is 0.414 e. The fourth-order valence-electron chi connectivity index (χ4n) is 2.03. The number of nitrogens with zero attached hydrogens (tertiary/aromatic N) is 3. The number of morpholine rings is 1. The Hall–Kier alpha value is -2.60. The van der Waals surface area contributed by atoms with E-state index < -0.39 is 17.3 Å². The van der Waals surface area contributed by atoms with Crippen molar-refractivity contribution in [2.45, 2.75) is 26.4 Å². The SMILES string of the molecule is CC(C)(C)OC(=O)Nc1nc(N2CCOCC2)c(C#N)c(=O)[nH]1. The first-order chi connectivity index (χ1) is 10.8. The molecule has 1 amide bonds. The van der Waals surface area contributed by atoms with Crippen molar-refractivity contribution in [3.05, 3.63) is 15.9 Å². The van der Waals surface area contributed by atoms with Gasteiger partial charge in [-0.15, -0.1) is 0 Å². The van der Waals surface area contributed by atoms with Gasteiger partial charge in [0.25, 0.3) is 5.56 Å². The molecular weight excluding hydrogens is 302 g/mol. The first kappa shape index (κ1) is 16.8. The third kappa shape index (κ3) is 4.43. The van der Waals surface area contributed by atoms with Gasteiger partial charge in [0.15, 0.2) is 11.4 Å². The van der Waals surface area contributed by atoms with Crippen LogP contribution in [0, 0.1) is 11.3 Å². The van der Waals surface area contributed by atoms with Crippen LogP contribution in [0.3, 0.4) is 0 Å². The van der Waals surface area contributed by atoms with Crippen molar-refractivity contribution in [1.29, 1.82) is 5.26 Å². The van der Waals surface area contributed by atoms with E-state index in [4.69, 9.17) is 9.47 Å². The van der Waals surface area contributed by atoms with E-state index in [1.54, 1.807) is 25.7 Å². The first-order valence-electron chi connectivity index (χ1n) is 7.17. The van der Waals surface area contributed by atoms with Gasteiger partial charge < -0.3 is 14.4 Å². The van der Waals surface area contributed by atoms with Gasteiger partial charge in [0.2, 0.25) is 5.95 Å². The summed E-state index contributed by atoms with van der Waals surface area (Å²) in [6.45, 7) is 7.15. The Morgan fingerprint density at radius 2 is 2.09 bits per heavy atom. The molecule has 0 aliphatic carbocycles. The molecule has 0 spiro atoms. The summed E-state index contributed by atoms with van der Waals surface area (Å²) in [5.74, 6) is 0.162. The third-order valence-electron chi connectivity index (χ3n) is 2.94. The van der Waals surface area contributed by atoms with E-state index >= 15 is 0 Å². The lowest BCUT2D eigenvalue weighted by atomic mass is 10.2. The van der Waals surface area contributed by atoms with Crippen LogP contribution in [0.15, 0.2) is 4.79 Å². The van der Waals surface area contributed by atoms with E-state index in [9.17, 15) is 14.9 Å². The molecule has 2 N–H and O–H groups in total. The molecule has 0 aromatic carbocycles. The van der Waals surface area contributed by atoms with E-state index in [1.807, 2.05) is 6.07 Å². The Balaban J connectivity index is 2.28. The normalized spacial score (nSPS) is 15.0. The lowest BCUT2D eigenvalue weighted by Crippen LogP contribution is -2.39. The molecule has 1 saturated heterocycles. The van der Waals surface area contributed by atoms with Crippen LogP contribution in [0.4, 0.5) is 16.6 Å². The molecule has 2 rings (SSSR count). The minimum atomic E-state index is -0.738. The van der Waals surface area contributed by atoms with Crippen molar-refractivity contribution in [2.75, 3.05) is 36.5 Å². The molecule has 1 aromatic rings. The average Bonchev–Trinajstić information content (AvgIpc) is 2.45. The van der Waals surface area contributed by atoms with E-state index in [0.29, 0.717) is 26.3 Å². The third-order valence-corrected chi connectivity index (χ3v) is 2.94. The van der Waals surface area contributed by atoms with Crippen LogP contribution in [-0.2, 0) is 9.47 Å². The number of rotatable bonds is 2. The number of hydrogen-bond acceptors (Lipinski definition) is 7. The van der Waals surface area contributed by atoms with Crippen LogP contribution in [0.25, 0.3) is 0 Å². The number of amides is 1. The Morgan fingerprint density at radius 3 is 2.65 bits per heavy atom. The van der Waals surface area contributed by atoms with Crippen LogP contribution >= 0.6 is 0 Å². The monoisotopic (exact) mass is 321 g/mol. The Labute approximate surface area is 133 Å². The number of ether oxygens (including phenoxy) is 2. The van der Waals surface area contributed by atoms with Crippen LogP contribution < -0.4 is 15.8 Å². The van der Waals surface area contributed by atoms with Crippen molar-refractivity contribution >= 4 is 17.9 Å². The molecule has 0 atom stereocenters. The minimum Gasteiger partial charge on any atom is -0.444 e. The molecule has 9 heteroatoms. The Bertz CT molecular complexity index is 680. The van der Waals surface area contributed by atoms with E-state index in [2.05, 4.69) is 15.3 Å². The number of nitrogens with one attached hydrogen (secondary N) is 2. The number of hydrogen-bond donors (Lipinski definition) is 2. The van der Waals surface area contributed by atoms with Gasteiger partial charge >= 0.3 is 6.09 Å². The van der Waals surface area contributed by atoms with Gasteiger partial charge in [0.05, 0.1) is 13.2 Å². The van der Waals surface area contributed by atoms with Crippen LogP contribution in [0.2, 0.25) is 0 Å². The minimum absolute atomic E-state index is 0.0651. The maximum absolute atomic E-state index is 12.0. The van der Waals surface area contributed by atoms with Crippen molar-refractivity contribution < 1.29 is 14.3 Å². The predicted molar refractivity (Wildman–Crippen MR) is 82.5 cm³/mol. The zero-order valence-electron chi connectivity index (χ0n) is 13.3. The van der Waals surface area contributed by atoms with Crippen molar-refractivity contribution in [3.8, 4) is 6.07 Å². The molecule has 1 aliphatic heterocycles. The molecule has 9 nitrogen and oxygen atoms in total. The van der Waals surface area contributed by atoms with E-state index in [1.165, 1.54) is 0 Å². The highest BCUT2D eigenvalue weighted by atomic mass is 16.6. The van der Waals surface area contributed by atoms with Crippen LogP contribution in [-0.4, -0.2) is 48.0 Å². The summed E-state index contributed by atoms with van der Waals surface area (Å²) in [5, 5.41) is 11.6. The molecule has 0 unspecified atom stereocenters. The van der Waals surface area contributed by atoms with Crippen molar-refractivity contribution in [1.82, 2.24) is 9.97 Å². The summed E-state index contributed by atoms with van der Waals surface area (Å²) in [7, 11) is 0. The summed E-state index contributed by atoms with van der Waals surface area (Å²) >= 11 is 0. The fourth-order valence-corrected chi connectivity index (χ4v) is 2.03. The first-order valence-corrected chi connectivity index (χ1v) is 7.17. The predicted octanol–water partition coefficient (Wildman–Crippen LogP) is 0.825. The lowest BCUT2D eigenvalue weighted by Gasteiger charge is -2.28. The second kappa shape index (κ2) is 6.66. The zero-order chi connectivity index (χ0) is 17.0. The highest BCUT2D eigenvalue weighted by Crippen LogP contribution is 2.17. The molecule has 0 radical (unpaired) electrons. The van der Waals surface area contributed by atoms with Crippen LogP contribution in [0.5, 0.6) is 0 Å². The highest BCUT2D eigenvalue weighted by Gasteiger charge is 2.22. The number of aromatic nitrogens is 2. The van der Waals surface area contributed by atoms with Gasteiger partial charge in [-0.1, -0.05) is 0 Å². The quantitative estimate of drug-likeness (QED) is 0.827.